The fraction of sp³-hybridized carbons (Fsp3) is 0. The van der Waals surface area contributed by atoms with Crippen LogP contribution in [0.1, 0.15) is 15.9 Å². The first kappa shape index (κ1) is 18.5. The van der Waals surface area contributed by atoms with Gasteiger partial charge in [-0.1, -0.05) is 30.3 Å². The molecule has 27 heavy (non-hydrogen) atoms. The maximum absolute atomic E-state index is 12.1. The van der Waals surface area contributed by atoms with E-state index < -0.39 is 0 Å². The van der Waals surface area contributed by atoms with Crippen molar-refractivity contribution in [1.82, 2.24) is 5.43 Å². The number of amides is 1. The summed E-state index contributed by atoms with van der Waals surface area (Å²) in [7, 11) is 0. The first-order valence-electron chi connectivity index (χ1n) is 8.01. The van der Waals surface area contributed by atoms with Gasteiger partial charge in [0, 0.05) is 10.0 Å². The monoisotopic (exact) mass is 422 g/mol. The summed E-state index contributed by atoms with van der Waals surface area (Å²) in [6.45, 7) is 0. The van der Waals surface area contributed by atoms with Gasteiger partial charge in [0.05, 0.1) is 23.2 Å². The summed E-state index contributed by atoms with van der Waals surface area (Å²) in [6, 6.07) is 21.1. The van der Waals surface area contributed by atoms with Crippen molar-refractivity contribution in [3.63, 3.8) is 0 Å². The van der Waals surface area contributed by atoms with E-state index in [0.29, 0.717) is 21.3 Å². The van der Waals surface area contributed by atoms with Crippen molar-refractivity contribution in [1.29, 1.82) is 0 Å². The number of hydrazone groups is 1. The van der Waals surface area contributed by atoms with Gasteiger partial charge in [-0.05, 0) is 58.4 Å². The van der Waals surface area contributed by atoms with Crippen LogP contribution in [0.5, 0.6) is 5.75 Å². The van der Waals surface area contributed by atoms with Gasteiger partial charge in [0.1, 0.15) is 5.75 Å². The maximum Gasteiger partial charge on any atom is 0.272 e. The normalized spacial score (nSPS) is 11.1. The average molecular weight is 423 g/mol. The van der Waals surface area contributed by atoms with Crippen LogP contribution in [0.25, 0.3) is 0 Å². The topological polar surface area (TPSA) is 86.4 Å². The van der Waals surface area contributed by atoms with Crippen LogP contribution in [-0.4, -0.2) is 17.2 Å². The number of azo groups is 1. The van der Waals surface area contributed by atoms with E-state index in [0.717, 1.165) is 5.69 Å². The molecule has 0 spiro atoms. The van der Waals surface area contributed by atoms with Gasteiger partial charge in [-0.25, -0.2) is 5.43 Å². The third kappa shape index (κ3) is 5.08. The van der Waals surface area contributed by atoms with Gasteiger partial charge < -0.3 is 5.11 Å². The fourth-order valence-electron chi connectivity index (χ4n) is 2.18. The predicted molar refractivity (Wildman–Crippen MR) is 108 cm³/mol. The Hall–Kier alpha value is -3.32. The largest absolute Gasteiger partial charge is 0.507 e. The molecule has 0 fully saturated rings. The zero-order chi connectivity index (χ0) is 19.1. The van der Waals surface area contributed by atoms with Crippen molar-refractivity contribution in [2.45, 2.75) is 0 Å². The van der Waals surface area contributed by atoms with Crippen LogP contribution >= 0.6 is 15.9 Å². The van der Waals surface area contributed by atoms with E-state index in [9.17, 15) is 9.90 Å². The molecule has 0 heterocycles. The molecule has 0 radical (unpaired) electrons. The molecule has 0 atom stereocenters. The van der Waals surface area contributed by atoms with Crippen molar-refractivity contribution in [3.8, 4) is 5.75 Å². The molecule has 0 aliphatic heterocycles. The predicted octanol–water partition coefficient (Wildman–Crippen LogP) is 5.33. The molecule has 3 aromatic carbocycles. The third-order valence-corrected chi connectivity index (χ3v) is 4.23. The molecule has 3 rings (SSSR count). The Morgan fingerprint density at radius 2 is 1.63 bits per heavy atom. The number of aromatic hydroxyl groups is 1. The van der Waals surface area contributed by atoms with Gasteiger partial charge in [-0.3, -0.25) is 4.79 Å². The summed E-state index contributed by atoms with van der Waals surface area (Å²) in [5, 5.41) is 22.1. The summed E-state index contributed by atoms with van der Waals surface area (Å²) in [5.74, 6) is -0.342. The number of halogens is 1. The number of hydrogen-bond acceptors (Lipinski definition) is 5. The zero-order valence-corrected chi connectivity index (χ0v) is 15.7. The zero-order valence-electron chi connectivity index (χ0n) is 14.1. The van der Waals surface area contributed by atoms with Crippen LogP contribution < -0.4 is 5.43 Å². The van der Waals surface area contributed by atoms with Crippen LogP contribution in [0.15, 0.2) is 92.6 Å². The summed E-state index contributed by atoms with van der Waals surface area (Å²) in [6.07, 6.45) is 1.35. The highest BCUT2D eigenvalue weighted by molar-refractivity contribution is 9.10. The number of carbonyl (C=O) groups is 1. The highest BCUT2D eigenvalue weighted by Crippen LogP contribution is 2.24. The second kappa shape index (κ2) is 8.86. The lowest BCUT2D eigenvalue weighted by molar-refractivity contribution is 0.0954. The van der Waals surface area contributed by atoms with Gasteiger partial charge in [-0.2, -0.15) is 15.3 Å². The number of rotatable bonds is 5. The third-order valence-electron chi connectivity index (χ3n) is 3.54. The van der Waals surface area contributed by atoms with Crippen LogP contribution in [0.2, 0.25) is 0 Å². The van der Waals surface area contributed by atoms with E-state index in [-0.39, 0.29) is 11.7 Å². The average Bonchev–Trinajstić information content (AvgIpc) is 2.69. The lowest BCUT2D eigenvalue weighted by atomic mass is 10.2. The molecule has 134 valence electrons. The second-order valence-electron chi connectivity index (χ2n) is 5.46. The highest BCUT2D eigenvalue weighted by atomic mass is 79.9. The van der Waals surface area contributed by atoms with Gasteiger partial charge in [0.25, 0.3) is 5.91 Å². The summed E-state index contributed by atoms with van der Waals surface area (Å²) in [5.41, 5.74) is 4.57. The number of benzene rings is 3. The Labute approximate surface area is 164 Å². The minimum absolute atomic E-state index is 0.0209. The Morgan fingerprint density at radius 3 is 2.41 bits per heavy atom. The number of nitrogens with one attached hydrogen (secondary N) is 1. The molecule has 0 saturated heterocycles. The number of carbonyl (C=O) groups excluding carboxylic acids is 1. The molecule has 0 aliphatic carbocycles. The standard InChI is InChI=1S/C20H15BrN4O2/c21-18-9-5-4-8-17(18)20(27)25-22-13-14-12-16(10-11-19(14)26)24-23-15-6-2-1-3-7-15/h1-13,26H,(H,25,27)/b22-13+,24-23?. The SMILES string of the molecule is O=C(N/N=C/c1cc(N=Nc2ccccc2)ccc1O)c1ccccc1Br. The van der Waals surface area contributed by atoms with Gasteiger partial charge in [-0.15, -0.1) is 0 Å². The Kier molecular flexibility index (Phi) is 6.06. The summed E-state index contributed by atoms with van der Waals surface area (Å²) < 4.78 is 0.670. The molecule has 0 aromatic heterocycles. The van der Waals surface area contributed by atoms with Crippen molar-refractivity contribution < 1.29 is 9.90 Å². The minimum Gasteiger partial charge on any atom is -0.507 e. The fourth-order valence-corrected chi connectivity index (χ4v) is 2.65. The summed E-state index contributed by atoms with van der Waals surface area (Å²) >= 11 is 3.32. The van der Waals surface area contributed by atoms with E-state index >= 15 is 0 Å². The number of phenols is 1. The van der Waals surface area contributed by atoms with E-state index in [1.54, 1.807) is 30.3 Å². The van der Waals surface area contributed by atoms with Crippen molar-refractivity contribution in [2.24, 2.45) is 15.3 Å². The minimum atomic E-state index is -0.363. The van der Waals surface area contributed by atoms with Gasteiger partial charge in [0.2, 0.25) is 0 Å². The molecule has 7 heteroatoms. The second-order valence-corrected chi connectivity index (χ2v) is 6.31. The van der Waals surface area contributed by atoms with Crippen molar-refractivity contribution in [2.75, 3.05) is 0 Å². The molecule has 0 aliphatic rings. The molecular weight excluding hydrogens is 408 g/mol. The molecular formula is C20H15BrN4O2. The van der Waals surface area contributed by atoms with Crippen LogP contribution in [0.4, 0.5) is 11.4 Å². The van der Waals surface area contributed by atoms with Crippen LogP contribution in [0, 0.1) is 0 Å². The lowest BCUT2D eigenvalue weighted by Gasteiger charge is -2.03. The summed E-state index contributed by atoms with van der Waals surface area (Å²) in [4.78, 5) is 12.1. The highest BCUT2D eigenvalue weighted by Gasteiger charge is 2.07. The van der Waals surface area contributed by atoms with Crippen molar-refractivity contribution >= 4 is 39.4 Å². The van der Waals surface area contributed by atoms with E-state index in [1.807, 2.05) is 36.4 Å². The Morgan fingerprint density at radius 1 is 0.926 bits per heavy atom. The maximum atomic E-state index is 12.1. The Balaban J connectivity index is 1.71. The first-order valence-corrected chi connectivity index (χ1v) is 8.80. The van der Waals surface area contributed by atoms with E-state index in [2.05, 4.69) is 36.7 Å². The molecule has 0 unspecified atom stereocenters. The van der Waals surface area contributed by atoms with Crippen LogP contribution in [-0.2, 0) is 0 Å². The van der Waals surface area contributed by atoms with E-state index in [1.165, 1.54) is 12.3 Å². The smallest absolute Gasteiger partial charge is 0.272 e. The number of hydrogen-bond donors (Lipinski definition) is 2. The van der Waals surface area contributed by atoms with Gasteiger partial charge in [0.15, 0.2) is 0 Å². The first-order chi connectivity index (χ1) is 13.1. The van der Waals surface area contributed by atoms with Crippen LogP contribution in [0.3, 0.4) is 0 Å². The Bertz CT molecular complexity index is 1000. The van der Waals surface area contributed by atoms with E-state index in [4.69, 9.17) is 0 Å². The molecule has 0 saturated carbocycles. The molecule has 0 bridgehead atoms. The molecule has 6 nitrogen and oxygen atoms in total. The molecule has 3 aromatic rings. The molecule has 2 N–H and O–H groups in total. The number of nitrogens with zero attached hydrogens (tertiary/aromatic N) is 3. The number of phenolic OH excluding ortho intramolecular Hbond substituents is 1. The lowest BCUT2D eigenvalue weighted by Crippen LogP contribution is -2.18. The van der Waals surface area contributed by atoms with Crippen molar-refractivity contribution in [3.05, 3.63) is 88.4 Å². The molecule has 1 amide bonds. The quantitative estimate of drug-likeness (QED) is 0.330. The van der Waals surface area contributed by atoms with Gasteiger partial charge >= 0.3 is 0 Å².